The Bertz CT molecular complexity index is 584. The van der Waals surface area contributed by atoms with Gasteiger partial charge in [-0.15, -0.1) is 0 Å². The van der Waals surface area contributed by atoms with Gasteiger partial charge in [-0.2, -0.15) is 0 Å². The third kappa shape index (κ3) is 7.77. The number of nitrogens with two attached hydrogens (primary N) is 2. The predicted octanol–water partition coefficient (Wildman–Crippen LogP) is -1.15. The molecule has 0 fully saturated rings. The van der Waals surface area contributed by atoms with Gasteiger partial charge >= 0.3 is 0 Å². The van der Waals surface area contributed by atoms with E-state index < -0.39 is 11.9 Å². The van der Waals surface area contributed by atoms with Crippen molar-refractivity contribution in [3.05, 3.63) is 23.8 Å². The molecule has 147 valence electrons. The number of nitrogens with one attached hydrogen (secondary N) is 2. The van der Waals surface area contributed by atoms with Crippen LogP contribution < -0.4 is 47.9 Å². The molecule has 0 aromatic heterocycles. The fourth-order valence-electron chi connectivity index (χ4n) is 2.43. The summed E-state index contributed by atoms with van der Waals surface area (Å²) in [6.07, 6.45) is 5.05. The van der Waals surface area contributed by atoms with Crippen molar-refractivity contribution in [3.63, 3.8) is 0 Å². The number of hydrogen-bond donors (Lipinski definition) is 4. The maximum Gasteiger partial charge on any atom is 0.255 e. The lowest BCUT2D eigenvalue weighted by Gasteiger charge is -2.19. The van der Waals surface area contributed by atoms with E-state index in [2.05, 4.69) is 8.85 Å². The largest absolute Gasteiger partial charge is 0.666 e. The van der Waals surface area contributed by atoms with Crippen molar-refractivity contribution in [2.24, 2.45) is 11.5 Å². The quantitative estimate of drug-likeness (QED) is 0.163. The maximum atomic E-state index is 12.7. The summed E-state index contributed by atoms with van der Waals surface area (Å²) < 4.78 is 8.75. The molecule has 0 aliphatic carbocycles. The van der Waals surface area contributed by atoms with Crippen LogP contribution >= 0.6 is 0 Å². The molecule has 1 rings (SSSR count). The second-order valence-corrected chi connectivity index (χ2v) is 6.61. The summed E-state index contributed by atoms with van der Waals surface area (Å²) in [7, 11) is 0. The molecule has 7 nitrogen and oxygen atoms in total. The van der Waals surface area contributed by atoms with Crippen molar-refractivity contribution in [3.8, 4) is 5.75 Å². The first-order chi connectivity index (χ1) is 12.5. The second kappa shape index (κ2) is 12.7. The fraction of sp³-hybridized carbons (Fsp3) is 0.556. The standard InChI is InChI=1S/C18H29IN4O3/c1-2-3-7-15(17(21)24)22-18(25)14-12-13(23-19)8-9-16(14)26-11-6-4-5-10-20/h8-9,12,15,23H,2-7,10-11,20H2,1H3,(H2,21,24)(H,22,25)/q-1/t15-/m0/s1. The van der Waals surface area contributed by atoms with Crippen molar-refractivity contribution in [1.29, 1.82) is 0 Å². The lowest BCUT2D eigenvalue weighted by Crippen LogP contribution is -3.38. The Balaban J connectivity index is 2.85. The second-order valence-electron chi connectivity index (χ2n) is 6.07. The van der Waals surface area contributed by atoms with Crippen LogP contribution in [0.2, 0.25) is 0 Å². The van der Waals surface area contributed by atoms with Crippen molar-refractivity contribution in [2.75, 3.05) is 16.7 Å². The molecule has 0 aliphatic heterocycles. The van der Waals surface area contributed by atoms with Gasteiger partial charge in [-0.05, 0) is 50.4 Å². The van der Waals surface area contributed by atoms with Gasteiger partial charge < -0.3 is 47.9 Å². The summed E-state index contributed by atoms with van der Waals surface area (Å²) in [6.45, 7) is 3.19. The zero-order valence-corrected chi connectivity index (χ0v) is 17.4. The number of carbonyl (C=O) groups excluding carboxylic acids is 2. The van der Waals surface area contributed by atoms with E-state index in [-0.39, 0.29) is 5.91 Å². The lowest BCUT2D eigenvalue weighted by molar-refractivity contribution is -0.325. The van der Waals surface area contributed by atoms with Gasteiger partial charge in [0.2, 0.25) is 5.91 Å². The Kier molecular flexibility index (Phi) is 11.0. The highest BCUT2D eigenvalue weighted by Crippen LogP contribution is 2.23. The van der Waals surface area contributed by atoms with Crippen LogP contribution in [0.15, 0.2) is 18.2 Å². The SMILES string of the molecule is CCCC[C@H](NC(=O)c1cc(N[I-])ccc1OCCCCCN)C(N)=O. The Labute approximate surface area is 169 Å². The minimum Gasteiger partial charge on any atom is -0.666 e. The smallest absolute Gasteiger partial charge is 0.255 e. The molecule has 0 saturated heterocycles. The molecule has 26 heavy (non-hydrogen) atoms. The van der Waals surface area contributed by atoms with E-state index in [1.165, 1.54) is 0 Å². The van der Waals surface area contributed by atoms with Crippen molar-refractivity contribution in [1.82, 2.24) is 5.32 Å². The number of benzene rings is 1. The highest BCUT2D eigenvalue weighted by molar-refractivity contribution is 6.00. The van der Waals surface area contributed by atoms with E-state index in [1.54, 1.807) is 12.1 Å². The normalized spacial score (nSPS) is 11.7. The number of primary amides is 1. The summed E-state index contributed by atoms with van der Waals surface area (Å²) in [5.41, 5.74) is 12.1. The number of ether oxygens (including phenoxy) is 1. The number of rotatable bonds is 13. The Morgan fingerprint density at radius 1 is 1.23 bits per heavy atom. The summed E-state index contributed by atoms with van der Waals surface area (Å²) in [6, 6.07) is 4.61. The molecule has 2 amide bonds. The molecule has 1 aromatic rings. The Morgan fingerprint density at radius 3 is 2.62 bits per heavy atom. The molecular formula is C18H29IN4O3-. The van der Waals surface area contributed by atoms with Gasteiger partial charge in [-0.1, -0.05) is 19.8 Å². The van der Waals surface area contributed by atoms with E-state index >= 15 is 0 Å². The molecule has 8 heteroatoms. The van der Waals surface area contributed by atoms with E-state index in [4.69, 9.17) is 16.2 Å². The van der Waals surface area contributed by atoms with Crippen LogP contribution in [0.4, 0.5) is 5.69 Å². The minimum absolute atomic E-state index is 0.365. The van der Waals surface area contributed by atoms with E-state index in [0.717, 1.165) is 37.8 Å². The molecule has 0 aliphatic rings. The topological polar surface area (TPSA) is 119 Å². The van der Waals surface area contributed by atoms with E-state index in [9.17, 15) is 9.59 Å². The first-order valence-electron chi connectivity index (χ1n) is 8.97. The molecule has 1 atom stereocenters. The van der Waals surface area contributed by atoms with Crippen LogP contribution in [0, 0.1) is 0 Å². The number of unbranched alkanes of at least 4 members (excludes halogenated alkanes) is 3. The summed E-state index contributed by atoms with van der Waals surface area (Å²) in [5.74, 6) is -0.404. The van der Waals surface area contributed by atoms with Crippen molar-refractivity contribution >= 4 is 17.5 Å². The molecule has 0 heterocycles. The van der Waals surface area contributed by atoms with Gasteiger partial charge in [0.05, 0.1) is 12.2 Å². The van der Waals surface area contributed by atoms with Gasteiger partial charge in [0, 0.05) is 5.69 Å². The van der Waals surface area contributed by atoms with Gasteiger partial charge in [0.25, 0.3) is 5.91 Å². The molecule has 0 saturated carbocycles. The first kappa shape index (κ1) is 22.5. The van der Waals surface area contributed by atoms with Gasteiger partial charge in [-0.3, -0.25) is 9.59 Å². The van der Waals surface area contributed by atoms with Crippen LogP contribution in [-0.4, -0.2) is 31.0 Å². The average Bonchev–Trinajstić information content (AvgIpc) is 2.64. The number of amides is 2. The Morgan fingerprint density at radius 2 is 2.00 bits per heavy atom. The Hall–Kier alpha value is -1.55. The van der Waals surface area contributed by atoms with Gasteiger partial charge in [0.1, 0.15) is 11.8 Å². The van der Waals surface area contributed by atoms with Gasteiger partial charge in [0.15, 0.2) is 0 Å². The van der Waals surface area contributed by atoms with E-state index in [0.29, 0.717) is 30.9 Å². The number of carbonyl (C=O) groups is 2. The first-order valence-corrected chi connectivity index (χ1v) is 10.0. The molecular weight excluding hydrogens is 447 g/mol. The highest BCUT2D eigenvalue weighted by atomic mass is 127. The molecule has 6 N–H and O–H groups in total. The summed E-state index contributed by atoms with van der Waals surface area (Å²) in [5, 5.41) is 2.73. The monoisotopic (exact) mass is 476 g/mol. The molecule has 1 aromatic carbocycles. The third-order valence-electron chi connectivity index (χ3n) is 3.93. The van der Waals surface area contributed by atoms with Crippen LogP contribution in [0.1, 0.15) is 55.8 Å². The number of halogens is 1. The zero-order valence-electron chi connectivity index (χ0n) is 15.2. The van der Waals surface area contributed by atoms with Crippen LogP contribution in [0.5, 0.6) is 5.75 Å². The van der Waals surface area contributed by atoms with Crippen molar-refractivity contribution in [2.45, 2.75) is 51.5 Å². The van der Waals surface area contributed by atoms with Crippen LogP contribution in [0.25, 0.3) is 0 Å². The van der Waals surface area contributed by atoms with Crippen LogP contribution in [0.3, 0.4) is 0 Å². The number of anilines is 1. The molecule has 0 spiro atoms. The van der Waals surface area contributed by atoms with Crippen molar-refractivity contribution < 1.29 is 37.2 Å². The minimum atomic E-state index is -0.684. The molecule has 0 unspecified atom stereocenters. The predicted molar refractivity (Wildman–Crippen MR) is 98.4 cm³/mol. The van der Waals surface area contributed by atoms with Crippen LogP contribution in [-0.2, 0) is 4.79 Å². The highest BCUT2D eigenvalue weighted by Gasteiger charge is 2.21. The molecule has 0 bridgehead atoms. The fourth-order valence-corrected chi connectivity index (χ4v) is 2.76. The third-order valence-corrected chi connectivity index (χ3v) is 4.56. The zero-order chi connectivity index (χ0) is 19.4. The summed E-state index contributed by atoms with van der Waals surface area (Å²) >= 11 is 1.99. The van der Waals surface area contributed by atoms with E-state index in [1.807, 2.05) is 35.9 Å². The lowest BCUT2D eigenvalue weighted by atomic mass is 10.1. The molecule has 1 radical (unpaired) electrons. The summed E-state index contributed by atoms with van der Waals surface area (Å²) in [4.78, 5) is 24.3. The maximum absolute atomic E-state index is 12.7. The average molecular weight is 476 g/mol. The van der Waals surface area contributed by atoms with Gasteiger partial charge in [-0.25, -0.2) is 0 Å². The number of hydrogen-bond acceptors (Lipinski definition) is 5.